The molecular formula is C22H21F3N6O4S. The van der Waals surface area contributed by atoms with E-state index in [0.717, 1.165) is 11.8 Å². The lowest BCUT2D eigenvalue weighted by atomic mass is 10.1. The smallest absolute Gasteiger partial charge is 0.421 e. The van der Waals surface area contributed by atoms with E-state index >= 15 is 0 Å². The molecule has 1 aliphatic rings. The van der Waals surface area contributed by atoms with Crippen LogP contribution in [-0.4, -0.2) is 37.7 Å². The predicted molar refractivity (Wildman–Crippen MR) is 128 cm³/mol. The summed E-state index contributed by atoms with van der Waals surface area (Å²) in [6.45, 7) is -0.158. The SMILES string of the molecule is COc1ccc(NS(C)(=O)=O)cc1CNc1nc(Nc2ccc3c(c2)CC(=O)N3)ncc1C(F)(F)F. The van der Waals surface area contributed by atoms with Gasteiger partial charge in [-0.25, -0.2) is 13.4 Å². The maximum Gasteiger partial charge on any atom is 0.421 e. The van der Waals surface area contributed by atoms with E-state index in [4.69, 9.17) is 4.74 Å². The number of sulfonamides is 1. The molecule has 1 aromatic heterocycles. The summed E-state index contributed by atoms with van der Waals surface area (Å²) in [5, 5.41) is 8.20. The molecule has 2 heterocycles. The van der Waals surface area contributed by atoms with E-state index in [0.29, 0.717) is 28.9 Å². The van der Waals surface area contributed by atoms with Crippen molar-refractivity contribution in [2.75, 3.05) is 34.0 Å². The van der Waals surface area contributed by atoms with Gasteiger partial charge in [0.15, 0.2) is 0 Å². The second kappa shape index (κ2) is 9.53. The number of ether oxygens (including phenoxy) is 1. The molecule has 0 saturated carbocycles. The van der Waals surface area contributed by atoms with Crippen molar-refractivity contribution >= 4 is 44.8 Å². The van der Waals surface area contributed by atoms with Gasteiger partial charge in [-0.05, 0) is 42.0 Å². The minimum atomic E-state index is -4.73. The van der Waals surface area contributed by atoms with Crippen LogP contribution in [0.5, 0.6) is 5.75 Å². The number of anilines is 5. The molecule has 0 aliphatic carbocycles. The first-order valence-electron chi connectivity index (χ1n) is 10.4. The highest BCUT2D eigenvalue weighted by molar-refractivity contribution is 7.92. The summed E-state index contributed by atoms with van der Waals surface area (Å²) in [4.78, 5) is 19.3. The molecule has 1 aliphatic heterocycles. The van der Waals surface area contributed by atoms with Crippen LogP contribution in [0.25, 0.3) is 0 Å². The van der Waals surface area contributed by atoms with Gasteiger partial charge in [-0.15, -0.1) is 0 Å². The summed E-state index contributed by atoms with van der Waals surface area (Å²) in [5.41, 5.74) is 1.44. The number of halogens is 3. The molecule has 4 rings (SSSR count). The molecule has 36 heavy (non-hydrogen) atoms. The number of nitrogens with zero attached hydrogens (tertiary/aromatic N) is 2. The lowest BCUT2D eigenvalue weighted by Crippen LogP contribution is -2.15. The zero-order chi connectivity index (χ0) is 26.1. The standard InChI is InChI=1S/C22H21F3N6O4S/c1-35-18-6-4-15(31-36(2,33)34)8-13(18)10-26-20-16(22(23,24)25)11-27-21(30-20)28-14-3-5-17-12(7-14)9-19(32)29-17/h3-8,11,31H,9-10H2,1-2H3,(H,29,32)(H2,26,27,28,30). The second-order valence-electron chi connectivity index (χ2n) is 7.93. The third-order valence-corrected chi connectivity index (χ3v) is 5.72. The van der Waals surface area contributed by atoms with Crippen molar-refractivity contribution in [3.63, 3.8) is 0 Å². The molecule has 0 bridgehead atoms. The number of carbonyl (C=O) groups excluding carboxylic acids is 1. The lowest BCUT2D eigenvalue weighted by Gasteiger charge is -2.16. The molecule has 0 spiro atoms. The van der Waals surface area contributed by atoms with Gasteiger partial charge in [-0.1, -0.05) is 0 Å². The topological polar surface area (TPSA) is 134 Å². The van der Waals surface area contributed by atoms with E-state index in [1.165, 1.54) is 25.3 Å². The molecule has 3 aromatic rings. The third kappa shape index (κ3) is 5.94. The van der Waals surface area contributed by atoms with Crippen LogP contribution < -0.4 is 25.4 Å². The Morgan fingerprint density at radius 1 is 1.14 bits per heavy atom. The number of alkyl halides is 3. The van der Waals surface area contributed by atoms with E-state index in [1.54, 1.807) is 18.2 Å². The Hall–Kier alpha value is -4.07. The minimum absolute atomic E-state index is 0.0952. The van der Waals surface area contributed by atoms with Gasteiger partial charge in [-0.3, -0.25) is 9.52 Å². The fourth-order valence-corrected chi connectivity index (χ4v) is 4.15. The molecule has 0 atom stereocenters. The highest BCUT2D eigenvalue weighted by atomic mass is 32.2. The lowest BCUT2D eigenvalue weighted by molar-refractivity contribution is -0.137. The van der Waals surface area contributed by atoms with Crippen molar-refractivity contribution in [1.29, 1.82) is 0 Å². The average molecular weight is 523 g/mol. The highest BCUT2D eigenvalue weighted by Crippen LogP contribution is 2.35. The number of benzene rings is 2. The maximum absolute atomic E-state index is 13.6. The Kier molecular flexibility index (Phi) is 6.63. The first-order chi connectivity index (χ1) is 16.9. The molecule has 0 fully saturated rings. The Labute approximate surface area is 204 Å². The molecule has 1 amide bonds. The first kappa shape index (κ1) is 25.0. The molecule has 10 nitrogen and oxygen atoms in total. The first-order valence-corrected chi connectivity index (χ1v) is 12.3. The van der Waals surface area contributed by atoms with Crippen molar-refractivity contribution in [3.05, 3.63) is 59.3 Å². The molecule has 0 radical (unpaired) electrons. The van der Waals surface area contributed by atoms with Crippen LogP contribution in [0.4, 0.5) is 42.0 Å². The fourth-order valence-electron chi connectivity index (χ4n) is 3.59. The van der Waals surface area contributed by atoms with Crippen LogP contribution >= 0.6 is 0 Å². The summed E-state index contributed by atoms with van der Waals surface area (Å²) in [6, 6.07) is 9.42. The van der Waals surface area contributed by atoms with E-state index in [2.05, 4.69) is 30.6 Å². The van der Waals surface area contributed by atoms with Crippen LogP contribution in [0.2, 0.25) is 0 Å². The number of aromatic nitrogens is 2. The highest BCUT2D eigenvalue weighted by Gasteiger charge is 2.35. The van der Waals surface area contributed by atoms with E-state index in [9.17, 15) is 26.4 Å². The second-order valence-corrected chi connectivity index (χ2v) is 9.68. The Bertz CT molecular complexity index is 1430. The molecule has 14 heteroatoms. The molecular weight excluding hydrogens is 501 g/mol. The van der Waals surface area contributed by atoms with E-state index in [-0.39, 0.29) is 30.5 Å². The van der Waals surface area contributed by atoms with Crippen LogP contribution in [0.15, 0.2) is 42.6 Å². The summed E-state index contributed by atoms with van der Waals surface area (Å²) in [5.74, 6) is -0.391. The van der Waals surface area contributed by atoms with Crippen LogP contribution in [0, 0.1) is 0 Å². The number of fused-ring (bicyclic) bond motifs is 1. The maximum atomic E-state index is 13.6. The monoisotopic (exact) mass is 522 g/mol. The zero-order valence-electron chi connectivity index (χ0n) is 19.0. The zero-order valence-corrected chi connectivity index (χ0v) is 19.8. The fraction of sp³-hybridized carbons (Fsp3) is 0.227. The number of hydrogen-bond acceptors (Lipinski definition) is 8. The van der Waals surface area contributed by atoms with Gasteiger partial charge in [0, 0.05) is 35.4 Å². The molecule has 190 valence electrons. The average Bonchev–Trinajstić information content (AvgIpc) is 3.15. The summed E-state index contributed by atoms with van der Waals surface area (Å²) < 4.78 is 71.5. The Morgan fingerprint density at radius 3 is 2.58 bits per heavy atom. The van der Waals surface area contributed by atoms with Gasteiger partial charge >= 0.3 is 6.18 Å². The number of methoxy groups -OCH3 is 1. The summed E-state index contributed by atoms with van der Waals surface area (Å²) >= 11 is 0. The van der Waals surface area contributed by atoms with Gasteiger partial charge in [0.05, 0.1) is 19.8 Å². The van der Waals surface area contributed by atoms with E-state index < -0.39 is 27.6 Å². The van der Waals surface area contributed by atoms with Crippen LogP contribution in [-0.2, 0) is 34.0 Å². The van der Waals surface area contributed by atoms with Gasteiger partial charge in [-0.2, -0.15) is 18.2 Å². The number of rotatable bonds is 8. The summed E-state index contributed by atoms with van der Waals surface area (Å²) in [6.07, 6.45) is -2.89. The molecule has 4 N–H and O–H groups in total. The third-order valence-electron chi connectivity index (χ3n) is 5.11. The van der Waals surface area contributed by atoms with Crippen LogP contribution in [0.3, 0.4) is 0 Å². The Morgan fingerprint density at radius 2 is 1.89 bits per heavy atom. The van der Waals surface area contributed by atoms with Gasteiger partial charge < -0.3 is 20.7 Å². The minimum Gasteiger partial charge on any atom is -0.496 e. The van der Waals surface area contributed by atoms with Gasteiger partial charge in [0.2, 0.25) is 21.9 Å². The molecule has 2 aromatic carbocycles. The van der Waals surface area contributed by atoms with Crippen LogP contribution in [0.1, 0.15) is 16.7 Å². The van der Waals surface area contributed by atoms with Crippen molar-refractivity contribution in [2.45, 2.75) is 19.1 Å². The number of amides is 1. The van der Waals surface area contributed by atoms with Gasteiger partial charge in [0.25, 0.3) is 0 Å². The number of nitrogens with one attached hydrogen (secondary N) is 4. The van der Waals surface area contributed by atoms with Crippen molar-refractivity contribution < 1.29 is 31.1 Å². The molecule has 0 unspecified atom stereocenters. The largest absolute Gasteiger partial charge is 0.496 e. The number of hydrogen-bond donors (Lipinski definition) is 4. The van der Waals surface area contributed by atoms with Crippen molar-refractivity contribution in [3.8, 4) is 5.75 Å². The van der Waals surface area contributed by atoms with Crippen molar-refractivity contribution in [2.24, 2.45) is 0 Å². The van der Waals surface area contributed by atoms with Crippen molar-refractivity contribution in [1.82, 2.24) is 9.97 Å². The predicted octanol–water partition coefficient (Wildman–Crippen LogP) is 3.73. The number of carbonyl (C=O) groups is 1. The van der Waals surface area contributed by atoms with Gasteiger partial charge in [0.1, 0.15) is 17.1 Å². The quantitative estimate of drug-likeness (QED) is 0.352. The molecule has 0 saturated heterocycles. The van der Waals surface area contributed by atoms with E-state index in [1.807, 2.05) is 0 Å². The summed E-state index contributed by atoms with van der Waals surface area (Å²) in [7, 11) is -2.18. The Balaban J connectivity index is 1.60. The normalized spacial score (nSPS) is 13.1.